The molecule has 1 saturated carbocycles. The lowest BCUT2D eigenvalue weighted by Crippen LogP contribution is -2.40. The molecule has 0 bridgehead atoms. The highest BCUT2D eigenvalue weighted by Crippen LogP contribution is 2.53. The third kappa shape index (κ3) is 2.35. The average molecular weight is 344 g/mol. The monoisotopic (exact) mass is 344 g/mol. The number of carbonyl (C=O) groups is 2. The molecule has 0 amide bonds. The predicted molar refractivity (Wildman–Crippen MR) is 90.4 cm³/mol. The van der Waals surface area contributed by atoms with Crippen molar-refractivity contribution < 1.29 is 14.3 Å². The molecule has 3 aliphatic rings. The number of ketones is 1. The Morgan fingerprint density at radius 3 is 3.04 bits per heavy atom. The van der Waals surface area contributed by atoms with E-state index in [2.05, 4.69) is 16.9 Å². The van der Waals surface area contributed by atoms with E-state index < -0.39 is 0 Å². The molecular formula is C18H20N2O3S. The van der Waals surface area contributed by atoms with Crippen LogP contribution in [0.3, 0.4) is 0 Å². The Hall–Kier alpha value is -1.82. The molecule has 5 nitrogen and oxygen atoms in total. The molecule has 2 aliphatic carbocycles. The van der Waals surface area contributed by atoms with Crippen molar-refractivity contribution in [1.82, 2.24) is 9.97 Å². The number of carbonyl (C=O) groups excluding carboxylic acids is 2. The van der Waals surface area contributed by atoms with Gasteiger partial charge < -0.3 is 9.72 Å². The van der Waals surface area contributed by atoms with Crippen LogP contribution in [0.4, 0.5) is 0 Å². The summed E-state index contributed by atoms with van der Waals surface area (Å²) in [6.07, 6.45) is 8.77. The van der Waals surface area contributed by atoms with Crippen LogP contribution in [0, 0.1) is 17.3 Å². The molecule has 2 heterocycles. The fraction of sp³-hybridized carbons (Fsp3) is 0.500. The van der Waals surface area contributed by atoms with Gasteiger partial charge in [-0.05, 0) is 31.4 Å². The first-order valence-electron chi connectivity index (χ1n) is 8.27. The van der Waals surface area contributed by atoms with E-state index in [0.717, 1.165) is 29.1 Å². The summed E-state index contributed by atoms with van der Waals surface area (Å²) in [5.41, 5.74) is 1.61. The first kappa shape index (κ1) is 15.7. The molecule has 1 saturated heterocycles. The Kier molecular flexibility index (Phi) is 3.67. The number of aromatic amines is 1. The number of allylic oxidation sites excluding steroid dienone is 3. The van der Waals surface area contributed by atoms with Crippen LogP contribution in [-0.2, 0) is 14.3 Å². The number of H-pyrrole nitrogens is 1. The van der Waals surface area contributed by atoms with Crippen LogP contribution in [0.25, 0.3) is 0 Å². The van der Waals surface area contributed by atoms with Gasteiger partial charge in [0, 0.05) is 35.1 Å². The zero-order valence-electron chi connectivity index (χ0n) is 13.7. The topological polar surface area (TPSA) is 72.0 Å². The van der Waals surface area contributed by atoms with Crippen molar-refractivity contribution in [2.75, 3.05) is 5.75 Å². The molecule has 126 valence electrons. The van der Waals surface area contributed by atoms with E-state index in [1.807, 2.05) is 13.0 Å². The molecule has 2 fully saturated rings. The Labute approximate surface area is 144 Å². The molecule has 1 aromatic rings. The van der Waals surface area contributed by atoms with Gasteiger partial charge in [0.25, 0.3) is 0 Å². The van der Waals surface area contributed by atoms with Gasteiger partial charge in [-0.3, -0.25) is 9.59 Å². The van der Waals surface area contributed by atoms with Gasteiger partial charge in [-0.1, -0.05) is 24.8 Å². The SMILES string of the molecule is CC1=C2[C@H]3OC(=O)[C@@H](CSc4ncc[nH]4)[C@@H]3CC[C@@]2(C)C=CC1=O. The summed E-state index contributed by atoms with van der Waals surface area (Å²) in [6, 6.07) is 0. The number of hydrogen-bond donors (Lipinski definition) is 1. The van der Waals surface area contributed by atoms with E-state index in [0.29, 0.717) is 5.75 Å². The summed E-state index contributed by atoms with van der Waals surface area (Å²) in [7, 11) is 0. The number of esters is 1. The van der Waals surface area contributed by atoms with E-state index in [1.54, 1.807) is 30.2 Å². The summed E-state index contributed by atoms with van der Waals surface area (Å²) in [4.78, 5) is 31.8. The van der Waals surface area contributed by atoms with Crippen LogP contribution >= 0.6 is 11.8 Å². The lowest BCUT2D eigenvalue weighted by atomic mass is 9.62. The molecule has 0 aromatic carbocycles. The minimum atomic E-state index is -0.257. The molecule has 0 radical (unpaired) electrons. The quantitative estimate of drug-likeness (QED) is 0.674. The third-order valence-corrected chi connectivity index (χ3v) is 6.62. The summed E-state index contributed by atoms with van der Waals surface area (Å²) in [6.45, 7) is 4.00. The zero-order valence-corrected chi connectivity index (χ0v) is 14.6. The molecule has 1 N–H and O–H groups in total. The summed E-state index contributed by atoms with van der Waals surface area (Å²) >= 11 is 1.55. The molecule has 0 spiro atoms. The number of hydrogen-bond acceptors (Lipinski definition) is 5. The average Bonchev–Trinajstić information content (AvgIpc) is 3.16. The van der Waals surface area contributed by atoms with Gasteiger partial charge in [0.2, 0.25) is 0 Å². The maximum Gasteiger partial charge on any atom is 0.310 e. The van der Waals surface area contributed by atoms with Crippen molar-refractivity contribution in [2.24, 2.45) is 17.3 Å². The van der Waals surface area contributed by atoms with E-state index in [-0.39, 0.29) is 35.1 Å². The van der Waals surface area contributed by atoms with Gasteiger partial charge in [-0.25, -0.2) is 4.98 Å². The van der Waals surface area contributed by atoms with Crippen LogP contribution < -0.4 is 0 Å². The smallest absolute Gasteiger partial charge is 0.310 e. The zero-order chi connectivity index (χ0) is 16.9. The van der Waals surface area contributed by atoms with Gasteiger partial charge in [0.1, 0.15) is 6.10 Å². The van der Waals surface area contributed by atoms with Gasteiger partial charge >= 0.3 is 5.97 Å². The molecule has 4 atom stereocenters. The lowest BCUT2D eigenvalue weighted by molar-refractivity contribution is -0.143. The Morgan fingerprint density at radius 1 is 1.46 bits per heavy atom. The molecule has 6 heteroatoms. The van der Waals surface area contributed by atoms with Gasteiger partial charge in [-0.2, -0.15) is 0 Å². The normalized spacial score (nSPS) is 35.0. The fourth-order valence-corrected chi connectivity index (χ4v) is 5.27. The summed E-state index contributed by atoms with van der Waals surface area (Å²) < 4.78 is 5.77. The Balaban J connectivity index is 1.60. The van der Waals surface area contributed by atoms with Crippen molar-refractivity contribution >= 4 is 23.5 Å². The summed E-state index contributed by atoms with van der Waals surface area (Å²) in [5.74, 6) is 0.553. The molecule has 0 unspecified atom stereocenters. The van der Waals surface area contributed by atoms with Crippen molar-refractivity contribution in [1.29, 1.82) is 0 Å². The highest BCUT2D eigenvalue weighted by molar-refractivity contribution is 7.99. The van der Waals surface area contributed by atoms with Crippen molar-refractivity contribution in [3.8, 4) is 0 Å². The number of thioether (sulfide) groups is 1. The minimum Gasteiger partial charge on any atom is -0.457 e. The van der Waals surface area contributed by atoms with E-state index in [1.165, 1.54) is 0 Å². The molecule has 24 heavy (non-hydrogen) atoms. The first-order chi connectivity index (χ1) is 11.5. The number of nitrogens with zero attached hydrogens (tertiary/aromatic N) is 1. The van der Waals surface area contributed by atoms with Gasteiger partial charge in [-0.15, -0.1) is 0 Å². The van der Waals surface area contributed by atoms with Gasteiger partial charge in [0.15, 0.2) is 10.9 Å². The molecular weight excluding hydrogens is 324 g/mol. The Bertz CT molecular complexity index is 752. The van der Waals surface area contributed by atoms with Crippen LogP contribution in [0.1, 0.15) is 26.7 Å². The van der Waals surface area contributed by atoms with Crippen LogP contribution in [0.2, 0.25) is 0 Å². The largest absolute Gasteiger partial charge is 0.457 e. The van der Waals surface area contributed by atoms with Crippen molar-refractivity contribution in [2.45, 2.75) is 37.9 Å². The number of imidazole rings is 1. The second-order valence-corrected chi connectivity index (χ2v) is 8.03. The minimum absolute atomic E-state index is 0.0348. The highest BCUT2D eigenvalue weighted by Gasteiger charge is 2.54. The standard InChI is InChI=1S/C18H20N2O3S/c1-10-13(21)4-6-18(2)5-3-11-12(9-24-17-19-7-8-20-17)16(22)23-15(11)14(10)18/h4,6-8,11-12,15H,3,5,9H2,1-2H3,(H,19,20)/t11-,12-,15-,18-/m0/s1. The molecule has 4 rings (SSSR count). The van der Waals surface area contributed by atoms with Crippen molar-refractivity contribution in [3.63, 3.8) is 0 Å². The number of rotatable bonds is 3. The first-order valence-corrected chi connectivity index (χ1v) is 9.26. The number of aromatic nitrogens is 2. The fourth-order valence-electron chi connectivity index (χ4n) is 4.26. The van der Waals surface area contributed by atoms with E-state index in [9.17, 15) is 9.59 Å². The number of nitrogens with one attached hydrogen (secondary N) is 1. The predicted octanol–water partition coefficient (Wildman–Crippen LogP) is 2.92. The maximum absolute atomic E-state index is 12.5. The van der Waals surface area contributed by atoms with Crippen molar-refractivity contribution in [3.05, 3.63) is 35.7 Å². The molecule has 1 aromatic heterocycles. The van der Waals surface area contributed by atoms with Crippen LogP contribution in [0.15, 0.2) is 40.8 Å². The van der Waals surface area contributed by atoms with Crippen LogP contribution in [0.5, 0.6) is 0 Å². The summed E-state index contributed by atoms with van der Waals surface area (Å²) in [5, 5.41) is 0.818. The van der Waals surface area contributed by atoms with Gasteiger partial charge in [0.05, 0.1) is 5.92 Å². The highest BCUT2D eigenvalue weighted by atomic mass is 32.2. The maximum atomic E-state index is 12.5. The van der Waals surface area contributed by atoms with E-state index in [4.69, 9.17) is 4.74 Å². The van der Waals surface area contributed by atoms with Crippen LogP contribution in [-0.4, -0.2) is 33.6 Å². The third-order valence-electron chi connectivity index (χ3n) is 5.60. The number of fused-ring (bicyclic) bond motifs is 3. The lowest BCUT2D eigenvalue weighted by Gasteiger charge is -2.43. The number of ether oxygens (including phenoxy) is 1. The second kappa shape index (κ2) is 5.62. The Morgan fingerprint density at radius 2 is 2.29 bits per heavy atom. The van der Waals surface area contributed by atoms with E-state index >= 15 is 0 Å². The molecule has 1 aliphatic heterocycles. The second-order valence-electron chi connectivity index (χ2n) is 7.03.